The SMILES string of the molecule is OC1(Cc2cccc(Cl)c2)CCc2ccccc21. The van der Waals surface area contributed by atoms with Gasteiger partial charge in [0.05, 0.1) is 5.60 Å². The van der Waals surface area contributed by atoms with Crippen LogP contribution in [-0.4, -0.2) is 5.11 Å². The van der Waals surface area contributed by atoms with Gasteiger partial charge in [0, 0.05) is 11.4 Å². The molecule has 3 rings (SSSR count). The van der Waals surface area contributed by atoms with Crippen molar-refractivity contribution in [3.05, 3.63) is 70.2 Å². The van der Waals surface area contributed by atoms with E-state index in [0.717, 1.165) is 29.0 Å². The molecule has 1 atom stereocenters. The number of rotatable bonds is 2. The minimum Gasteiger partial charge on any atom is -0.385 e. The van der Waals surface area contributed by atoms with Crippen LogP contribution in [0.2, 0.25) is 5.02 Å². The van der Waals surface area contributed by atoms with Crippen molar-refractivity contribution in [1.82, 2.24) is 0 Å². The Hall–Kier alpha value is -1.31. The van der Waals surface area contributed by atoms with Gasteiger partial charge >= 0.3 is 0 Å². The van der Waals surface area contributed by atoms with Crippen LogP contribution >= 0.6 is 11.6 Å². The van der Waals surface area contributed by atoms with Crippen molar-refractivity contribution < 1.29 is 5.11 Å². The van der Waals surface area contributed by atoms with Crippen molar-refractivity contribution in [2.45, 2.75) is 24.9 Å². The first-order valence-electron chi connectivity index (χ1n) is 6.23. The van der Waals surface area contributed by atoms with E-state index in [-0.39, 0.29) is 0 Å². The molecule has 0 amide bonds. The molecular weight excluding hydrogens is 244 g/mol. The Morgan fingerprint density at radius 3 is 2.78 bits per heavy atom. The molecule has 2 aromatic carbocycles. The van der Waals surface area contributed by atoms with E-state index in [0.29, 0.717) is 6.42 Å². The maximum Gasteiger partial charge on any atom is 0.0942 e. The zero-order valence-electron chi connectivity index (χ0n) is 10.1. The number of benzene rings is 2. The van der Waals surface area contributed by atoms with Gasteiger partial charge in [-0.05, 0) is 41.7 Å². The van der Waals surface area contributed by atoms with E-state index in [1.807, 2.05) is 42.5 Å². The quantitative estimate of drug-likeness (QED) is 0.871. The van der Waals surface area contributed by atoms with Gasteiger partial charge in [-0.1, -0.05) is 48.0 Å². The van der Waals surface area contributed by atoms with Crippen molar-refractivity contribution in [1.29, 1.82) is 0 Å². The topological polar surface area (TPSA) is 20.2 Å². The third-order valence-corrected chi connectivity index (χ3v) is 3.95. The van der Waals surface area contributed by atoms with Crippen LogP contribution in [0.4, 0.5) is 0 Å². The molecule has 0 heterocycles. The van der Waals surface area contributed by atoms with Crippen molar-refractivity contribution in [2.24, 2.45) is 0 Å². The summed E-state index contributed by atoms with van der Waals surface area (Å²) in [6.45, 7) is 0. The molecule has 1 N–H and O–H groups in total. The first kappa shape index (κ1) is 11.8. The van der Waals surface area contributed by atoms with Crippen LogP contribution in [0.5, 0.6) is 0 Å². The van der Waals surface area contributed by atoms with Crippen LogP contribution in [-0.2, 0) is 18.4 Å². The van der Waals surface area contributed by atoms with E-state index in [1.165, 1.54) is 5.56 Å². The van der Waals surface area contributed by atoms with Gasteiger partial charge in [0.2, 0.25) is 0 Å². The molecule has 0 saturated heterocycles. The molecule has 2 aromatic rings. The lowest BCUT2D eigenvalue weighted by Gasteiger charge is -2.24. The van der Waals surface area contributed by atoms with Crippen molar-refractivity contribution in [3.8, 4) is 0 Å². The molecule has 0 bridgehead atoms. The summed E-state index contributed by atoms with van der Waals surface area (Å²) in [5.41, 5.74) is 2.69. The fourth-order valence-corrected chi connectivity index (χ4v) is 3.05. The number of fused-ring (bicyclic) bond motifs is 1. The maximum atomic E-state index is 10.8. The van der Waals surface area contributed by atoms with Crippen LogP contribution < -0.4 is 0 Å². The minimum absolute atomic E-state index is 0.630. The largest absolute Gasteiger partial charge is 0.385 e. The fraction of sp³-hybridized carbons (Fsp3) is 0.250. The Labute approximate surface area is 112 Å². The molecule has 2 heteroatoms. The van der Waals surface area contributed by atoms with Gasteiger partial charge in [0.15, 0.2) is 0 Å². The number of hydrogen-bond donors (Lipinski definition) is 1. The van der Waals surface area contributed by atoms with Crippen molar-refractivity contribution in [2.75, 3.05) is 0 Å². The monoisotopic (exact) mass is 258 g/mol. The van der Waals surface area contributed by atoms with Gasteiger partial charge < -0.3 is 5.11 Å². The summed E-state index contributed by atoms with van der Waals surface area (Å²) in [6, 6.07) is 15.9. The van der Waals surface area contributed by atoms with Gasteiger partial charge in [-0.25, -0.2) is 0 Å². The van der Waals surface area contributed by atoms with Crippen LogP contribution in [0, 0.1) is 0 Å². The van der Waals surface area contributed by atoms with E-state index < -0.39 is 5.60 Å². The van der Waals surface area contributed by atoms with Crippen molar-refractivity contribution >= 4 is 11.6 Å². The normalized spacial score (nSPS) is 21.9. The van der Waals surface area contributed by atoms with Crippen LogP contribution in [0.3, 0.4) is 0 Å². The second-order valence-electron chi connectivity index (χ2n) is 5.00. The zero-order valence-corrected chi connectivity index (χ0v) is 10.8. The molecule has 18 heavy (non-hydrogen) atoms. The van der Waals surface area contributed by atoms with Crippen LogP contribution in [0.1, 0.15) is 23.1 Å². The van der Waals surface area contributed by atoms with E-state index in [4.69, 9.17) is 11.6 Å². The summed E-state index contributed by atoms with van der Waals surface area (Å²) in [5.74, 6) is 0. The van der Waals surface area contributed by atoms with Crippen molar-refractivity contribution in [3.63, 3.8) is 0 Å². The standard InChI is InChI=1S/C16H15ClO/c17-14-6-3-4-12(10-14)11-16(18)9-8-13-5-1-2-7-15(13)16/h1-7,10,18H,8-9,11H2. The summed E-state index contributed by atoms with van der Waals surface area (Å²) < 4.78 is 0. The molecule has 0 radical (unpaired) electrons. The molecule has 0 fully saturated rings. The molecular formula is C16H15ClO. The Morgan fingerprint density at radius 2 is 1.94 bits per heavy atom. The first-order chi connectivity index (χ1) is 8.67. The third kappa shape index (κ3) is 2.05. The molecule has 0 saturated carbocycles. The molecule has 0 spiro atoms. The summed E-state index contributed by atoms with van der Waals surface area (Å²) in [5, 5.41) is 11.6. The van der Waals surface area contributed by atoms with Gasteiger partial charge in [0.1, 0.15) is 0 Å². The van der Waals surface area contributed by atoms with E-state index >= 15 is 0 Å². The molecule has 0 aromatic heterocycles. The average Bonchev–Trinajstić information content (AvgIpc) is 2.68. The van der Waals surface area contributed by atoms with Crippen LogP contribution in [0.25, 0.3) is 0 Å². The zero-order chi connectivity index (χ0) is 12.6. The smallest absolute Gasteiger partial charge is 0.0942 e. The second kappa shape index (κ2) is 4.42. The van der Waals surface area contributed by atoms with E-state index in [1.54, 1.807) is 0 Å². The summed E-state index contributed by atoms with van der Waals surface area (Å²) in [7, 11) is 0. The first-order valence-corrected chi connectivity index (χ1v) is 6.60. The molecule has 92 valence electrons. The predicted molar refractivity (Wildman–Crippen MR) is 73.8 cm³/mol. The van der Waals surface area contributed by atoms with E-state index in [9.17, 15) is 5.11 Å². The summed E-state index contributed by atoms with van der Waals surface area (Å²) >= 11 is 5.99. The van der Waals surface area contributed by atoms with Gasteiger partial charge in [-0.2, -0.15) is 0 Å². The lowest BCUT2D eigenvalue weighted by molar-refractivity contribution is 0.0390. The van der Waals surface area contributed by atoms with Gasteiger partial charge in [0.25, 0.3) is 0 Å². The number of aliphatic hydroxyl groups is 1. The Balaban J connectivity index is 1.94. The highest BCUT2D eigenvalue weighted by Crippen LogP contribution is 2.39. The third-order valence-electron chi connectivity index (χ3n) is 3.71. The lowest BCUT2D eigenvalue weighted by atomic mass is 9.89. The highest BCUT2D eigenvalue weighted by molar-refractivity contribution is 6.30. The Morgan fingerprint density at radius 1 is 1.11 bits per heavy atom. The molecule has 1 unspecified atom stereocenters. The maximum absolute atomic E-state index is 10.8. The minimum atomic E-state index is -0.735. The summed E-state index contributed by atoms with van der Waals surface area (Å²) in [6.07, 6.45) is 2.37. The highest BCUT2D eigenvalue weighted by Gasteiger charge is 2.36. The summed E-state index contributed by atoms with van der Waals surface area (Å²) in [4.78, 5) is 0. The van der Waals surface area contributed by atoms with Crippen LogP contribution in [0.15, 0.2) is 48.5 Å². The average molecular weight is 259 g/mol. The lowest BCUT2D eigenvalue weighted by Crippen LogP contribution is -2.25. The second-order valence-corrected chi connectivity index (χ2v) is 5.43. The van der Waals surface area contributed by atoms with E-state index in [2.05, 4.69) is 6.07 Å². The Kier molecular flexibility index (Phi) is 2.89. The van der Waals surface area contributed by atoms with Gasteiger partial charge in [-0.3, -0.25) is 0 Å². The number of aryl methyl sites for hydroxylation is 1. The number of hydrogen-bond acceptors (Lipinski definition) is 1. The fourth-order valence-electron chi connectivity index (χ4n) is 2.84. The molecule has 1 aliphatic rings. The molecule has 1 nitrogen and oxygen atoms in total. The van der Waals surface area contributed by atoms with Gasteiger partial charge in [-0.15, -0.1) is 0 Å². The highest BCUT2D eigenvalue weighted by atomic mass is 35.5. The molecule has 0 aliphatic heterocycles. The number of halogens is 1. The molecule has 1 aliphatic carbocycles. The Bertz CT molecular complexity index is 579. The predicted octanol–water partition coefficient (Wildman–Crippen LogP) is 3.72.